The maximum Gasteiger partial charge on any atom is 0.262 e. The topological polar surface area (TPSA) is 81.4 Å². The Balaban J connectivity index is 2.09. The van der Waals surface area contributed by atoms with Crippen LogP contribution in [0.25, 0.3) is 22.8 Å². The first-order chi connectivity index (χ1) is 13.0. The predicted molar refractivity (Wildman–Crippen MR) is 104 cm³/mol. The highest BCUT2D eigenvalue weighted by Crippen LogP contribution is 2.32. The van der Waals surface area contributed by atoms with E-state index in [0.717, 1.165) is 0 Å². The van der Waals surface area contributed by atoms with Gasteiger partial charge in [0.1, 0.15) is 0 Å². The van der Waals surface area contributed by atoms with Crippen molar-refractivity contribution in [1.29, 1.82) is 0 Å². The van der Waals surface area contributed by atoms with E-state index in [0.29, 0.717) is 17.5 Å². The van der Waals surface area contributed by atoms with Crippen molar-refractivity contribution < 1.29 is 17.6 Å². The van der Waals surface area contributed by atoms with E-state index in [1.807, 2.05) is 55.5 Å². The van der Waals surface area contributed by atoms with E-state index in [1.54, 1.807) is 12.1 Å². The fourth-order valence-corrected chi connectivity index (χ4v) is 4.07. The fraction of sp³-hybridized carbons (Fsp3) is 0.250. The van der Waals surface area contributed by atoms with Gasteiger partial charge in [-0.2, -0.15) is 4.98 Å². The van der Waals surface area contributed by atoms with E-state index in [9.17, 15) is 8.42 Å². The van der Waals surface area contributed by atoms with Gasteiger partial charge in [0.25, 0.3) is 10.0 Å². The van der Waals surface area contributed by atoms with Crippen LogP contribution in [0, 0.1) is 0 Å². The fourth-order valence-electron chi connectivity index (χ4n) is 2.68. The Bertz CT molecular complexity index is 970. The lowest BCUT2D eigenvalue weighted by Gasteiger charge is -2.15. The lowest BCUT2D eigenvalue weighted by atomic mass is 10.2. The molecule has 3 rings (SSSR count). The van der Waals surface area contributed by atoms with Crippen LogP contribution in [0.2, 0.25) is 0 Å². The smallest absolute Gasteiger partial charge is 0.262 e. The van der Waals surface area contributed by atoms with Gasteiger partial charge in [-0.15, -0.1) is 0 Å². The number of aromatic nitrogens is 1. The summed E-state index contributed by atoms with van der Waals surface area (Å²) in [7, 11) is -2.36. The van der Waals surface area contributed by atoms with Gasteiger partial charge in [-0.05, 0) is 18.6 Å². The summed E-state index contributed by atoms with van der Waals surface area (Å²) in [6.45, 7) is 2.17. The SMILES string of the molecule is CCC(COC)NS(=O)(=O)c1nc(-c2ccccc2)oc1-c1ccccc1. The van der Waals surface area contributed by atoms with Gasteiger partial charge in [-0.25, -0.2) is 13.1 Å². The number of methoxy groups -OCH3 is 1. The first-order valence-corrected chi connectivity index (χ1v) is 10.2. The lowest BCUT2D eigenvalue weighted by Crippen LogP contribution is -2.37. The number of benzene rings is 2. The second kappa shape index (κ2) is 8.47. The summed E-state index contributed by atoms with van der Waals surface area (Å²) < 4.78 is 39.7. The largest absolute Gasteiger partial charge is 0.435 e. The van der Waals surface area contributed by atoms with Crippen LogP contribution in [0.5, 0.6) is 0 Å². The number of ether oxygens (including phenoxy) is 1. The van der Waals surface area contributed by atoms with Crippen molar-refractivity contribution in [3.05, 3.63) is 60.7 Å². The van der Waals surface area contributed by atoms with E-state index in [-0.39, 0.29) is 29.3 Å². The number of sulfonamides is 1. The highest BCUT2D eigenvalue weighted by atomic mass is 32.2. The van der Waals surface area contributed by atoms with Gasteiger partial charge in [0.2, 0.25) is 10.9 Å². The molecule has 142 valence electrons. The van der Waals surface area contributed by atoms with Crippen LogP contribution in [0.1, 0.15) is 13.3 Å². The molecule has 0 aliphatic carbocycles. The number of nitrogens with one attached hydrogen (secondary N) is 1. The number of oxazole rings is 1. The van der Waals surface area contributed by atoms with E-state index in [1.165, 1.54) is 7.11 Å². The molecule has 27 heavy (non-hydrogen) atoms. The molecule has 7 heteroatoms. The van der Waals surface area contributed by atoms with Gasteiger partial charge >= 0.3 is 0 Å². The zero-order valence-corrected chi connectivity index (χ0v) is 16.1. The Labute approximate surface area is 159 Å². The summed E-state index contributed by atoms with van der Waals surface area (Å²) in [6.07, 6.45) is 0.594. The normalized spacial score (nSPS) is 12.8. The third-order valence-corrected chi connectivity index (χ3v) is 5.52. The van der Waals surface area contributed by atoms with Crippen molar-refractivity contribution in [3.63, 3.8) is 0 Å². The molecule has 1 heterocycles. The average Bonchev–Trinajstić information content (AvgIpc) is 3.15. The Hall–Kier alpha value is -2.48. The molecule has 1 atom stereocenters. The molecule has 0 spiro atoms. The van der Waals surface area contributed by atoms with Crippen molar-refractivity contribution in [1.82, 2.24) is 9.71 Å². The highest BCUT2D eigenvalue weighted by molar-refractivity contribution is 7.89. The van der Waals surface area contributed by atoms with Gasteiger partial charge in [0.05, 0.1) is 6.61 Å². The molecule has 1 unspecified atom stereocenters. The number of nitrogens with zero attached hydrogens (tertiary/aromatic N) is 1. The molecule has 3 aromatic rings. The molecule has 0 saturated heterocycles. The average molecular weight is 386 g/mol. The van der Waals surface area contributed by atoms with Crippen molar-refractivity contribution in [2.45, 2.75) is 24.4 Å². The minimum atomic E-state index is -3.89. The summed E-state index contributed by atoms with van der Waals surface area (Å²) in [5, 5.41) is -0.123. The minimum Gasteiger partial charge on any atom is -0.435 e. The van der Waals surface area contributed by atoms with Gasteiger partial charge in [0, 0.05) is 24.3 Å². The van der Waals surface area contributed by atoms with Crippen LogP contribution >= 0.6 is 0 Å². The Morgan fingerprint density at radius 1 is 1.04 bits per heavy atom. The second-order valence-corrected chi connectivity index (χ2v) is 7.70. The standard InChI is InChI=1S/C20H22N2O4S/c1-3-17(14-25-2)22-27(23,24)20-18(15-10-6-4-7-11-15)26-19(21-20)16-12-8-5-9-13-16/h4-13,17,22H,3,14H2,1-2H3. The Morgan fingerprint density at radius 3 is 2.19 bits per heavy atom. The molecule has 0 amide bonds. The molecular formula is C20H22N2O4S. The molecule has 0 radical (unpaired) electrons. The van der Waals surface area contributed by atoms with Gasteiger partial charge in [0.15, 0.2) is 5.76 Å². The maximum atomic E-state index is 13.0. The van der Waals surface area contributed by atoms with Crippen molar-refractivity contribution >= 4 is 10.0 Å². The van der Waals surface area contributed by atoms with E-state index in [2.05, 4.69) is 9.71 Å². The van der Waals surface area contributed by atoms with E-state index in [4.69, 9.17) is 9.15 Å². The zero-order chi connectivity index (χ0) is 19.3. The molecule has 1 N–H and O–H groups in total. The molecule has 0 saturated carbocycles. The molecule has 0 bridgehead atoms. The second-order valence-electron chi connectivity index (χ2n) is 6.07. The first-order valence-electron chi connectivity index (χ1n) is 8.68. The molecule has 6 nitrogen and oxygen atoms in total. The van der Waals surface area contributed by atoms with Crippen LogP contribution in [0.4, 0.5) is 0 Å². The van der Waals surface area contributed by atoms with Crippen LogP contribution < -0.4 is 4.72 Å². The third-order valence-electron chi connectivity index (χ3n) is 4.09. The third kappa shape index (κ3) is 4.44. The number of hydrogen-bond donors (Lipinski definition) is 1. The van der Waals surface area contributed by atoms with Crippen molar-refractivity contribution in [3.8, 4) is 22.8 Å². The van der Waals surface area contributed by atoms with E-state index < -0.39 is 10.0 Å². The van der Waals surface area contributed by atoms with Crippen molar-refractivity contribution in [2.24, 2.45) is 0 Å². The molecule has 0 aliphatic rings. The maximum absolute atomic E-state index is 13.0. The number of hydrogen-bond acceptors (Lipinski definition) is 5. The molecule has 0 fully saturated rings. The summed E-state index contributed by atoms with van der Waals surface area (Å²) in [4.78, 5) is 4.32. The Morgan fingerprint density at radius 2 is 1.63 bits per heavy atom. The Kier molecular flexibility index (Phi) is 6.05. The highest BCUT2D eigenvalue weighted by Gasteiger charge is 2.29. The first kappa shape index (κ1) is 19.3. The van der Waals surface area contributed by atoms with Gasteiger partial charge in [-0.1, -0.05) is 55.5 Å². The molecular weight excluding hydrogens is 364 g/mol. The zero-order valence-electron chi connectivity index (χ0n) is 15.3. The molecule has 1 aromatic heterocycles. The van der Waals surface area contributed by atoms with Gasteiger partial charge in [-0.3, -0.25) is 0 Å². The minimum absolute atomic E-state index is 0.123. The predicted octanol–water partition coefficient (Wildman–Crippen LogP) is 3.71. The quantitative estimate of drug-likeness (QED) is 0.638. The lowest BCUT2D eigenvalue weighted by molar-refractivity contribution is 0.173. The summed E-state index contributed by atoms with van der Waals surface area (Å²) >= 11 is 0. The number of rotatable bonds is 8. The summed E-state index contributed by atoms with van der Waals surface area (Å²) in [5.74, 6) is 0.476. The van der Waals surface area contributed by atoms with Crippen LogP contribution in [-0.4, -0.2) is 33.2 Å². The molecule has 0 aliphatic heterocycles. The van der Waals surface area contributed by atoms with Gasteiger partial charge < -0.3 is 9.15 Å². The van der Waals surface area contributed by atoms with Crippen LogP contribution in [0.15, 0.2) is 70.1 Å². The monoisotopic (exact) mass is 386 g/mol. The molecule has 2 aromatic carbocycles. The van der Waals surface area contributed by atoms with E-state index >= 15 is 0 Å². The summed E-state index contributed by atoms with van der Waals surface area (Å²) in [6, 6.07) is 18.0. The summed E-state index contributed by atoms with van der Waals surface area (Å²) in [5.41, 5.74) is 1.35. The van der Waals surface area contributed by atoms with Crippen LogP contribution in [0.3, 0.4) is 0 Å². The van der Waals surface area contributed by atoms with Crippen LogP contribution in [-0.2, 0) is 14.8 Å². The van der Waals surface area contributed by atoms with Crippen molar-refractivity contribution in [2.75, 3.05) is 13.7 Å².